The zero-order valence-corrected chi connectivity index (χ0v) is 11.9. The standard InChI is InChI=1S/C14H17Cl2NO/c1-17-9-2-3-10(17)5-8(4-9)11-6-12(15)13(16)7-14(11)18/h6-10,18H,2-5H2,1H3/t8-,9-,10+. The lowest BCUT2D eigenvalue weighted by atomic mass is 9.85. The molecule has 0 amide bonds. The number of phenolic OH excluding ortho intramolecular Hbond substituents is 1. The molecule has 0 radical (unpaired) electrons. The fourth-order valence-electron chi connectivity index (χ4n) is 3.54. The second-order valence-corrected chi connectivity index (χ2v) is 6.36. The average molecular weight is 286 g/mol. The van der Waals surface area contributed by atoms with E-state index in [1.165, 1.54) is 12.8 Å². The molecule has 2 saturated heterocycles. The van der Waals surface area contributed by atoms with Crippen LogP contribution in [0.5, 0.6) is 5.75 Å². The number of hydrogen-bond donors (Lipinski definition) is 1. The summed E-state index contributed by atoms with van der Waals surface area (Å²) in [5.41, 5.74) is 0.967. The Morgan fingerprint density at radius 2 is 1.67 bits per heavy atom. The number of rotatable bonds is 1. The minimum absolute atomic E-state index is 0.290. The Kier molecular flexibility index (Phi) is 3.21. The van der Waals surface area contributed by atoms with Crippen molar-refractivity contribution in [1.29, 1.82) is 0 Å². The number of hydrogen-bond acceptors (Lipinski definition) is 2. The summed E-state index contributed by atoms with van der Waals surface area (Å²) in [4.78, 5) is 2.49. The van der Waals surface area contributed by atoms with Gasteiger partial charge in [0.25, 0.3) is 0 Å². The summed E-state index contributed by atoms with van der Waals surface area (Å²) in [5, 5.41) is 11.0. The third-order valence-electron chi connectivity index (χ3n) is 4.61. The molecular weight excluding hydrogens is 269 g/mol. The summed E-state index contributed by atoms with van der Waals surface area (Å²) >= 11 is 12.0. The van der Waals surface area contributed by atoms with Crippen LogP contribution in [0.25, 0.3) is 0 Å². The first-order valence-electron chi connectivity index (χ1n) is 6.46. The molecule has 0 aromatic heterocycles. The van der Waals surface area contributed by atoms with Crippen LogP contribution in [0.15, 0.2) is 12.1 Å². The summed E-state index contributed by atoms with van der Waals surface area (Å²) < 4.78 is 0. The molecule has 18 heavy (non-hydrogen) atoms. The maximum absolute atomic E-state index is 10.1. The Morgan fingerprint density at radius 3 is 2.28 bits per heavy atom. The van der Waals surface area contributed by atoms with Crippen molar-refractivity contribution in [2.75, 3.05) is 7.05 Å². The third kappa shape index (κ3) is 2.01. The van der Waals surface area contributed by atoms with Gasteiger partial charge in [0.2, 0.25) is 0 Å². The van der Waals surface area contributed by atoms with E-state index < -0.39 is 0 Å². The number of piperidine rings is 1. The molecule has 0 aliphatic carbocycles. The van der Waals surface area contributed by atoms with Crippen molar-refractivity contribution >= 4 is 23.2 Å². The monoisotopic (exact) mass is 285 g/mol. The third-order valence-corrected chi connectivity index (χ3v) is 5.33. The molecule has 0 unspecified atom stereocenters. The van der Waals surface area contributed by atoms with Gasteiger partial charge in [0.15, 0.2) is 0 Å². The van der Waals surface area contributed by atoms with Gasteiger partial charge in [0.1, 0.15) is 5.75 Å². The second-order valence-electron chi connectivity index (χ2n) is 5.54. The van der Waals surface area contributed by atoms with Gasteiger partial charge in [-0.15, -0.1) is 0 Å². The Labute approximate surface area is 117 Å². The highest BCUT2D eigenvalue weighted by atomic mass is 35.5. The van der Waals surface area contributed by atoms with Crippen LogP contribution >= 0.6 is 23.2 Å². The molecule has 1 aromatic rings. The van der Waals surface area contributed by atoms with Gasteiger partial charge in [-0.2, -0.15) is 0 Å². The second kappa shape index (κ2) is 4.59. The number of benzene rings is 1. The molecule has 2 nitrogen and oxygen atoms in total. The molecular formula is C14H17Cl2NO. The lowest BCUT2D eigenvalue weighted by molar-refractivity contribution is 0.160. The van der Waals surface area contributed by atoms with Crippen molar-refractivity contribution in [1.82, 2.24) is 4.90 Å². The molecule has 2 bridgehead atoms. The van der Waals surface area contributed by atoms with Crippen molar-refractivity contribution < 1.29 is 5.11 Å². The molecule has 3 atom stereocenters. The number of phenols is 1. The van der Waals surface area contributed by atoms with E-state index in [9.17, 15) is 5.11 Å². The van der Waals surface area contributed by atoms with E-state index in [1.54, 1.807) is 6.07 Å². The molecule has 2 aliphatic rings. The molecule has 2 heterocycles. The Morgan fingerprint density at radius 1 is 1.11 bits per heavy atom. The van der Waals surface area contributed by atoms with E-state index >= 15 is 0 Å². The van der Waals surface area contributed by atoms with E-state index in [1.807, 2.05) is 6.07 Å². The van der Waals surface area contributed by atoms with Gasteiger partial charge < -0.3 is 10.0 Å². The fraction of sp³-hybridized carbons (Fsp3) is 0.571. The zero-order chi connectivity index (χ0) is 12.9. The lowest BCUT2D eigenvalue weighted by Gasteiger charge is -2.36. The number of aromatic hydroxyl groups is 1. The summed E-state index contributed by atoms with van der Waals surface area (Å²) in [6.45, 7) is 0. The summed E-state index contributed by atoms with van der Waals surface area (Å²) in [7, 11) is 2.22. The topological polar surface area (TPSA) is 23.5 Å². The van der Waals surface area contributed by atoms with Crippen molar-refractivity contribution in [3.8, 4) is 5.75 Å². The summed E-state index contributed by atoms with van der Waals surface area (Å²) in [5.74, 6) is 0.701. The zero-order valence-electron chi connectivity index (χ0n) is 10.4. The molecule has 4 heteroatoms. The Balaban J connectivity index is 1.90. The smallest absolute Gasteiger partial charge is 0.120 e. The SMILES string of the molecule is CN1[C@@H]2CC[C@H]1C[C@H](c1cc(Cl)c(Cl)cc1O)C2. The molecule has 1 N–H and O–H groups in total. The predicted molar refractivity (Wildman–Crippen MR) is 74.7 cm³/mol. The normalized spacial score (nSPS) is 31.8. The average Bonchev–Trinajstić information content (AvgIpc) is 2.56. The summed E-state index contributed by atoms with van der Waals surface area (Å²) in [6, 6.07) is 4.72. The van der Waals surface area contributed by atoms with Crippen LogP contribution in [0.4, 0.5) is 0 Å². The molecule has 98 valence electrons. The quantitative estimate of drug-likeness (QED) is 0.842. The molecule has 3 rings (SSSR count). The highest BCUT2D eigenvalue weighted by Gasteiger charge is 2.39. The van der Waals surface area contributed by atoms with Crippen molar-refractivity contribution in [3.05, 3.63) is 27.7 Å². The van der Waals surface area contributed by atoms with E-state index in [4.69, 9.17) is 23.2 Å². The van der Waals surface area contributed by atoms with Gasteiger partial charge in [-0.3, -0.25) is 0 Å². The van der Waals surface area contributed by atoms with Crippen LogP contribution in [0.3, 0.4) is 0 Å². The minimum Gasteiger partial charge on any atom is -0.508 e. The number of fused-ring (bicyclic) bond motifs is 2. The maximum Gasteiger partial charge on any atom is 0.120 e. The molecule has 1 aromatic carbocycles. The van der Waals surface area contributed by atoms with Gasteiger partial charge >= 0.3 is 0 Å². The van der Waals surface area contributed by atoms with Crippen LogP contribution < -0.4 is 0 Å². The van der Waals surface area contributed by atoms with Crippen LogP contribution in [-0.2, 0) is 0 Å². The molecule has 2 aliphatic heterocycles. The molecule has 0 saturated carbocycles. The molecule has 0 spiro atoms. The summed E-state index contributed by atoms with van der Waals surface area (Å²) in [6.07, 6.45) is 4.77. The van der Waals surface area contributed by atoms with Gasteiger partial charge in [-0.05, 0) is 50.3 Å². The van der Waals surface area contributed by atoms with Crippen LogP contribution in [0.1, 0.15) is 37.2 Å². The van der Waals surface area contributed by atoms with Crippen molar-refractivity contribution in [3.63, 3.8) is 0 Å². The van der Waals surface area contributed by atoms with Gasteiger partial charge in [0.05, 0.1) is 10.0 Å². The first-order valence-corrected chi connectivity index (χ1v) is 7.21. The predicted octanol–water partition coefficient (Wildman–Crippen LogP) is 4.04. The van der Waals surface area contributed by atoms with Gasteiger partial charge in [0, 0.05) is 18.2 Å². The number of halogens is 2. The molecule has 2 fully saturated rings. The highest BCUT2D eigenvalue weighted by molar-refractivity contribution is 6.42. The maximum atomic E-state index is 10.1. The van der Waals surface area contributed by atoms with E-state index in [0.717, 1.165) is 18.4 Å². The fourth-order valence-corrected chi connectivity index (χ4v) is 3.87. The highest BCUT2D eigenvalue weighted by Crippen LogP contribution is 2.45. The largest absolute Gasteiger partial charge is 0.508 e. The number of nitrogens with zero attached hydrogens (tertiary/aromatic N) is 1. The van der Waals surface area contributed by atoms with E-state index in [2.05, 4.69) is 11.9 Å². The van der Waals surface area contributed by atoms with Gasteiger partial charge in [-0.25, -0.2) is 0 Å². The first-order chi connectivity index (χ1) is 8.56. The first kappa shape index (κ1) is 12.6. The minimum atomic E-state index is 0.290. The van der Waals surface area contributed by atoms with Crippen molar-refractivity contribution in [2.24, 2.45) is 0 Å². The van der Waals surface area contributed by atoms with E-state index in [0.29, 0.717) is 33.8 Å². The van der Waals surface area contributed by atoms with Crippen LogP contribution in [0, 0.1) is 0 Å². The Bertz CT molecular complexity index is 463. The van der Waals surface area contributed by atoms with Crippen LogP contribution in [0.2, 0.25) is 10.0 Å². The van der Waals surface area contributed by atoms with E-state index in [-0.39, 0.29) is 0 Å². The Hall–Kier alpha value is -0.440. The van der Waals surface area contributed by atoms with Crippen LogP contribution in [-0.4, -0.2) is 29.1 Å². The van der Waals surface area contributed by atoms with Crippen molar-refractivity contribution in [2.45, 2.75) is 43.7 Å². The van der Waals surface area contributed by atoms with Gasteiger partial charge in [-0.1, -0.05) is 23.2 Å². The lowest BCUT2D eigenvalue weighted by Crippen LogP contribution is -2.39.